The Labute approximate surface area is 93.2 Å². The van der Waals surface area contributed by atoms with Crippen LogP contribution in [0.4, 0.5) is 9.59 Å². The molecule has 6 nitrogen and oxygen atoms in total. The molecule has 0 atom stereocenters. The SMILES string of the molecule is CCOC(=O)NC(CCl)NC(=O)OCC. The van der Waals surface area contributed by atoms with Crippen molar-refractivity contribution in [2.24, 2.45) is 0 Å². The highest BCUT2D eigenvalue weighted by molar-refractivity contribution is 6.18. The summed E-state index contributed by atoms with van der Waals surface area (Å²) in [6, 6.07) is 0. The monoisotopic (exact) mass is 238 g/mol. The molecule has 88 valence electrons. The fourth-order valence-electron chi connectivity index (χ4n) is 0.743. The minimum absolute atomic E-state index is 0.0254. The van der Waals surface area contributed by atoms with Crippen molar-refractivity contribution in [3.8, 4) is 0 Å². The largest absolute Gasteiger partial charge is 0.450 e. The molecular formula is C8H15ClN2O4. The molecule has 0 bridgehead atoms. The molecule has 0 fully saturated rings. The van der Waals surface area contributed by atoms with E-state index in [0.29, 0.717) is 0 Å². The standard InChI is InChI=1S/C8H15ClN2O4/c1-3-14-7(12)10-6(5-9)11-8(13)15-4-2/h6H,3-5H2,1-2H3,(H,10,12)(H,11,13). The van der Waals surface area contributed by atoms with Crippen LogP contribution in [0.1, 0.15) is 13.8 Å². The van der Waals surface area contributed by atoms with Crippen LogP contribution < -0.4 is 10.6 Å². The van der Waals surface area contributed by atoms with Crippen LogP contribution >= 0.6 is 11.6 Å². The zero-order chi connectivity index (χ0) is 11.7. The van der Waals surface area contributed by atoms with E-state index in [1.807, 2.05) is 0 Å². The topological polar surface area (TPSA) is 76.7 Å². The summed E-state index contributed by atoms with van der Waals surface area (Å²) in [6.45, 7) is 3.85. The molecule has 0 saturated heterocycles. The summed E-state index contributed by atoms with van der Waals surface area (Å²) in [5.74, 6) is 0.0254. The van der Waals surface area contributed by atoms with Crippen LogP contribution in [0, 0.1) is 0 Å². The molecule has 0 saturated carbocycles. The molecule has 0 rings (SSSR count). The van der Waals surface area contributed by atoms with Crippen molar-refractivity contribution in [1.82, 2.24) is 10.6 Å². The van der Waals surface area contributed by atoms with Crippen LogP contribution in [0.25, 0.3) is 0 Å². The number of carbonyl (C=O) groups excluding carboxylic acids is 2. The first-order chi connectivity index (χ1) is 7.13. The molecule has 0 aromatic heterocycles. The van der Waals surface area contributed by atoms with Crippen molar-refractivity contribution >= 4 is 23.8 Å². The minimum atomic E-state index is -0.704. The van der Waals surface area contributed by atoms with Gasteiger partial charge in [0, 0.05) is 0 Å². The number of halogens is 1. The van der Waals surface area contributed by atoms with E-state index in [9.17, 15) is 9.59 Å². The number of carbonyl (C=O) groups is 2. The summed E-state index contributed by atoms with van der Waals surface area (Å²) < 4.78 is 9.23. The van der Waals surface area contributed by atoms with Gasteiger partial charge in [-0.25, -0.2) is 9.59 Å². The number of rotatable bonds is 5. The number of nitrogens with one attached hydrogen (secondary N) is 2. The highest BCUT2D eigenvalue weighted by atomic mass is 35.5. The highest BCUT2D eigenvalue weighted by Gasteiger charge is 2.14. The average molecular weight is 239 g/mol. The van der Waals surface area contributed by atoms with Crippen molar-refractivity contribution in [2.45, 2.75) is 20.0 Å². The number of amides is 2. The predicted molar refractivity (Wildman–Crippen MR) is 54.8 cm³/mol. The lowest BCUT2D eigenvalue weighted by Crippen LogP contribution is -2.49. The summed E-state index contributed by atoms with van der Waals surface area (Å²) in [6.07, 6.45) is -1.98. The number of alkyl halides is 1. The van der Waals surface area contributed by atoms with Gasteiger partial charge in [0.2, 0.25) is 0 Å². The van der Waals surface area contributed by atoms with Gasteiger partial charge in [0.15, 0.2) is 0 Å². The van der Waals surface area contributed by atoms with E-state index in [2.05, 4.69) is 20.1 Å². The second-order valence-corrected chi connectivity index (χ2v) is 2.75. The van der Waals surface area contributed by atoms with Gasteiger partial charge >= 0.3 is 12.2 Å². The Morgan fingerprint density at radius 1 is 1.13 bits per heavy atom. The van der Waals surface area contributed by atoms with Crippen LogP contribution in [0.5, 0.6) is 0 Å². The normalized spacial score (nSPS) is 9.60. The van der Waals surface area contributed by atoms with Crippen LogP contribution in [-0.2, 0) is 9.47 Å². The second kappa shape index (κ2) is 8.16. The molecule has 0 aromatic rings. The number of hydrogen-bond acceptors (Lipinski definition) is 4. The van der Waals surface area contributed by atoms with Gasteiger partial charge in [0.25, 0.3) is 0 Å². The molecular weight excluding hydrogens is 224 g/mol. The van der Waals surface area contributed by atoms with Gasteiger partial charge in [-0.1, -0.05) is 0 Å². The Morgan fingerprint density at radius 2 is 1.53 bits per heavy atom. The average Bonchev–Trinajstić information content (AvgIpc) is 2.17. The van der Waals surface area contributed by atoms with Gasteiger partial charge in [-0.15, -0.1) is 11.6 Å². The van der Waals surface area contributed by atoms with Crippen molar-refractivity contribution in [3.63, 3.8) is 0 Å². The molecule has 0 aliphatic carbocycles. The van der Waals surface area contributed by atoms with Gasteiger partial charge in [-0.05, 0) is 13.8 Å². The first-order valence-corrected chi connectivity index (χ1v) is 5.10. The summed E-state index contributed by atoms with van der Waals surface area (Å²) in [5, 5.41) is 4.70. The number of hydrogen-bond donors (Lipinski definition) is 2. The Kier molecular flexibility index (Phi) is 7.53. The molecule has 0 aliphatic rings. The maximum atomic E-state index is 11.0. The van der Waals surface area contributed by atoms with Gasteiger partial charge in [-0.2, -0.15) is 0 Å². The predicted octanol–water partition coefficient (Wildman–Crippen LogP) is 1.04. The first kappa shape index (κ1) is 13.8. The molecule has 0 heterocycles. The van der Waals surface area contributed by atoms with Crippen LogP contribution in [0.3, 0.4) is 0 Å². The molecule has 15 heavy (non-hydrogen) atoms. The summed E-state index contributed by atoms with van der Waals surface area (Å²) in [4.78, 5) is 21.9. The molecule has 0 aliphatic heterocycles. The Morgan fingerprint density at radius 3 is 1.80 bits per heavy atom. The molecule has 0 spiro atoms. The summed E-state index contributed by atoms with van der Waals surface area (Å²) >= 11 is 5.52. The number of alkyl carbamates (subject to hydrolysis) is 2. The first-order valence-electron chi connectivity index (χ1n) is 4.56. The Balaban J connectivity index is 3.91. The van der Waals surface area contributed by atoms with Gasteiger partial charge in [0.05, 0.1) is 19.1 Å². The van der Waals surface area contributed by atoms with Gasteiger partial charge in [0.1, 0.15) is 6.17 Å². The lowest BCUT2D eigenvalue weighted by atomic mass is 10.5. The van der Waals surface area contributed by atoms with Gasteiger partial charge < -0.3 is 9.47 Å². The van der Waals surface area contributed by atoms with Crippen LogP contribution in [-0.4, -0.2) is 37.4 Å². The minimum Gasteiger partial charge on any atom is -0.450 e. The van der Waals surface area contributed by atoms with Crippen molar-refractivity contribution in [3.05, 3.63) is 0 Å². The van der Waals surface area contributed by atoms with Gasteiger partial charge in [-0.3, -0.25) is 10.6 Å². The van der Waals surface area contributed by atoms with Crippen molar-refractivity contribution < 1.29 is 19.1 Å². The van der Waals surface area contributed by atoms with Crippen molar-refractivity contribution in [2.75, 3.05) is 19.1 Å². The van der Waals surface area contributed by atoms with Crippen molar-refractivity contribution in [1.29, 1.82) is 0 Å². The third kappa shape index (κ3) is 6.84. The van der Waals surface area contributed by atoms with E-state index in [-0.39, 0.29) is 19.1 Å². The molecule has 2 amide bonds. The van der Waals surface area contributed by atoms with E-state index in [4.69, 9.17) is 11.6 Å². The molecule has 0 unspecified atom stereocenters. The molecule has 0 radical (unpaired) electrons. The Hall–Kier alpha value is -1.17. The van der Waals surface area contributed by atoms with E-state index >= 15 is 0 Å². The highest BCUT2D eigenvalue weighted by Crippen LogP contribution is 1.88. The van der Waals surface area contributed by atoms with E-state index < -0.39 is 18.4 Å². The third-order valence-electron chi connectivity index (χ3n) is 1.29. The maximum absolute atomic E-state index is 11.0. The lowest BCUT2D eigenvalue weighted by Gasteiger charge is -2.16. The Bertz CT molecular complexity index is 193. The zero-order valence-electron chi connectivity index (χ0n) is 8.71. The quantitative estimate of drug-likeness (QED) is 0.554. The fourth-order valence-corrected chi connectivity index (χ4v) is 0.898. The number of ether oxygens (including phenoxy) is 2. The van der Waals surface area contributed by atoms with E-state index in [1.165, 1.54) is 0 Å². The summed E-state index contributed by atoms with van der Waals surface area (Å²) in [7, 11) is 0. The maximum Gasteiger partial charge on any atom is 0.408 e. The van der Waals surface area contributed by atoms with Crippen LogP contribution in [0.15, 0.2) is 0 Å². The molecule has 2 N–H and O–H groups in total. The van der Waals surface area contributed by atoms with Crippen LogP contribution in [0.2, 0.25) is 0 Å². The van der Waals surface area contributed by atoms with E-state index in [0.717, 1.165) is 0 Å². The third-order valence-corrected chi connectivity index (χ3v) is 1.60. The molecule has 7 heteroatoms. The fraction of sp³-hybridized carbons (Fsp3) is 0.750. The molecule has 0 aromatic carbocycles. The second-order valence-electron chi connectivity index (χ2n) is 2.44. The lowest BCUT2D eigenvalue weighted by molar-refractivity contribution is 0.137. The smallest absolute Gasteiger partial charge is 0.408 e. The zero-order valence-corrected chi connectivity index (χ0v) is 9.47. The van der Waals surface area contributed by atoms with E-state index in [1.54, 1.807) is 13.8 Å². The summed E-state index contributed by atoms with van der Waals surface area (Å²) in [5.41, 5.74) is 0.